The molecule has 0 spiro atoms. The molecule has 0 unspecified atom stereocenters. The number of amides is 1. The maximum Gasteiger partial charge on any atom is 0.336 e. The predicted octanol–water partition coefficient (Wildman–Crippen LogP) is 9.40. The zero-order valence-corrected chi connectivity index (χ0v) is 30.6. The van der Waals surface area contributed by atoms with Crippen molar-refractivity contribution in [3.63, 3.8) is 0 Å². The third kappa shape index (κ3) is 6.38. The lowest BCUT2D eigenvalue weighted by Gasteiger charge is -2.55. The van der Waals surface area contributed by atoms with Crippen molar-refractivity contribution in [3.8, 4) is 16.9 Å². The highest BCUT2D eigenvalue weighted by Gasteiger charge is 2.49. The van der Waals surface area contributed by atoms with Crippen LogP contribution >= 0.6 is 0 Å². The first-order valence-corrected chi connectivity index (χ1v) is 19.6. The summed E-state index contributed by atoms with van der Waals surface area (Å²) < 4.78 is 19.2. The van der Waals surface area contributed by atoms with Crippen LogP contribution in [-0.4, -0.2) is 17.6 Å². The number of fused-ring (bicyclic) bond motifs is 3. The minimum atomic E-state index is -0.442. The number of rotatable bonds is 10. The van der Waals surface area contributed by atoms with Crippen LogP contribution in [0.1, 0.15) is 65.9 Å². The summed E-state index contributed by atoms with van der Waals surface area (Å²) in [4.78, 5) is 25.2. The average molecular weight is 732 g/mol. The Morgan fingerprint density at radius 3 is 2.27 bits per heavy atom. The smallest absolute Gasteiger partial charge is 0.336 e. The lowest BCUT2D eigenvalue weighted by atomic mass is 9.50. The number of nitrogens with one attached hydrogen (secondary N) is 1. The van der Waals surface area contributed by atoms with E-state index < -0.39 is 5.63 Å². The first kappa shape index (κ1) is 33.8. The molecule has 4 saturated carbocycles. The molecule has 0 aliphatic heterocycles. The number of aliphatic hydroxyl groups is 1. The van der Waals surface area contributed by atoms with Gasteiger partial charge in [-0.3, -0.25) is 4.79 Å². The molecule has 4 aromatic carbocycles. The summed E-state index contributed by atoms with van der Waals surface area (Å²) in [6.45, 7) is 1.17. The van der Waals surface area contributed by atoms with Crippen LogP contribution in [0.15, 0.2) is 123 Å². The van der Waals surface area contributed by atoms with Crippen molar-refractivity contribution in [2.45, 2.75) is 57.6 Å². The summed E-state index contributed by atoms with van der Waals surface area (Å²) in [6, 6.07) is 29.6. The molecule has 4 aliphatic rings. The van der Waals surface area contributed by atoms with Crippen molar-refractivity contribution < 1.29 is 28.0 Å². The number of carbonyl (C=O) groups is 1. The molecule has 4 bridgehead atoms. The zero-order chi connectivity index (χ0) is 37.0. The Labute approximate surface area is 318 Å². The number of benzene rings is 4. The van der Waals surface area contributed by atoms with Gasteiger partial charge in [0.05, 0.1) is 25.2 Å². The molecule has 3 aromatic heterocycles. The van der Waals surface area contributed by atoms with Gasteiger partial charge in [0.1, 0.15) is 0 Å². The highest BCUT2D eigenvalue weighted by Crippen LogP contribution is 2.60. The van der Waals surface area contributed by atoms with Crippen molar-refractivity contribution in [1.82, 2.24) is 0 Å². The predicted molar refractivity (Wildman–Crippen MR) is 212 cm³/mol. The Hall–Kier alpha value is -5.73. The third-order valence-corrected chi connectivity index (χ3v) is 12.6. The second-order valence-corrected chi connectivity index (χ2v) is 16.0. The number of hydrogen-bond acceptors (Lipinski definition) is 6. The molecule has 4 aliphatic carbocycles. The quantitative estimate of drug-likeness (QED) is 0.0825. The third-order valence-electron chi connectivity index (χ3n) is 12.6. The van der Waals surface area contributed by atoms with E-state index in [4.69, 9.17) is 13.6 Å². The van der Waals surface area contributed by atoms with E-state index in [9.17, 15) is 14.7 Å². The molecule has 3 heterocycles. The minimum Gasteiger partial charge on any atom is -0.486 e. The monoisotopic (exact) mass is 731 g/mol. The fourth-order valence-corrected chi connectivity index (χ4v) is 10.3. The summed E-state index contributed by atoms with van der Waals surface area (Å²) >= 11 is 0. The molecular weight excluding hydrogens is 689 g/mol. The summed E-state index contributed by atoms with van der Waals surface area (Å²) in [5.41, 5.74) is 6.59. The Bertz CT molecular complexity index is 2610. The number of aromatic nitrogens is 1. The minimum absolute atomic E-state index is 0.0897. The molecule has 1 amide bonds. The number of furan rings is 1. The van der Waals surface area contributed by atoms with E-state index in [-0.39, 0.29) is 12.5 Å². The van der Waals surface area contributed by atoms with Crippen LogP contribution in [-0.2, 0) is 13.2 Å². The van der Waals surface area contributed by atoms with E-state index >= 15 is 0 Å². The van der Waals surface area contributed by atoms with E-state index in [0.29, 0.717) is 53.7 Å². The van der Waals surface area contributed by atoms with Crippen LogP contribution in [0.3, 0.4) is 0 Å². The molecular formula is C47H43N2O6+. The number of aryl methyl sites for hydroxylation is 1. The Balaban J connectivity index is 0.785. The first-order valence-electron chi connectivity index (χ1n) is 19.6. The summed E-state index contributed by atoms with van der Waals surface area (Å²) in [5.74, 6) is 4.18. The van der Waals surface area contributed by atoms with Gasteiger partial charge in [-0.15, -0.1) is 0 Å². The zero-order valence-electron chi connectivity index (χ0n) is 30.6. The van der Waals surface area contributed by atoms with Crippen molar-refractivity contribution in [2.24, 2.45) is 23.7 Å². The van der Waals surface area contributed by atoms with Crippen LogP contribution in [0, 0.1) is 23.7 Å². The normalized spacial score (nSPS) is 21.4. The molecule has 11 rings (SSSR count). The van der Waals surface area contributed by atoms with Crippen LogP contribution < -0.4 is 20.2 Å². The molecule has 7 aromatic rings. The van der Waals surface area contributed by atoms with E-state index in [2.05, 4.69) is 41.7 Å². The second-order valence-electron chi connectivity index (χ2n) is 16.0. The number of carbonyl (C=O) groups excluding carboxylic acids is 1. The molecule has 2 N–H and O–H groups in total. The van der Waals surface area contributed by atoms with Gasteiger partial charge in [-0.1, -0.05) is 36.4 Å². The summed E-state index contributed by atoms with van der Waals surface area (Å²) in [6.07, 6.45) is 13.0. The molecule has 4 fully saturated rings. The van der Waals surface area contributed by atoms with Gasteiger partial charge in [-0.25, -0.2) is 9.36 Å². The van der Waals surface area contributed by atoms with Crippen molar-refractivity contribution in [1.29, 1.82) is 0 Å². The Morgan fingerprint density at radius 2 is 1.47 bits per heavy atom. The van der Waals surface area contributed by atoms with Gasteiger partial charge in [0.25, 0.3) is 5.91 Å². The van der Waals surface area contributed by atoms with E-state index in [0.717, 1.165) is 56.3 Å². The van der Waals surface area contributed by atoms with Crippen LogP contribution in [0.25, 0.3) is 43.8 Å². The highest BCUT2D eigenvalue weighted by atomic mass is 16.5. The maximum atomic E-state index is 13.3. The number of ether oxygens (including phenoxy) is 1. The molecule has 8 nitrogen and oxygen atoms in total. The van der Waals surface area contributed by atoms with E-state index in [1.165, 1.54) is 49.3 Å². The fourth-order valence-electron chi connectivity index (χ4n) is 10.3. The van der Waals surface area contributed by atoms with Gasteiger partial charge >= 0.3 is 5.63 Å². The highest BCUT2D eigenvalue weighted by molar-refractivity contribution is 6.06. The fraction of sp³-hybridized carbons (Fsp3) is 0.298. The van der Waals surface area contributed by atoms with Gasteiger partial charge in [-0.05, 0) is 131 Å². The molecule has 0 atom stereocenters. The molecule has 0 radical (unpaired) electrons. The molecule has 8 heteroatoms. The SMILES string of the molecule is O=C(Nc1cc[n+](CCCOc2c3occc3cc3ccc(=O)oc23)cc1)c1ccc2cc(-c3ccc(CO)c(C4C5CC6CC(C5)CC4C6)c3)ccc2c1. The van der Waals surface area contributed by atoms with Gasteiger partial charge in [-0.2, -0.15) is 0 Å². The van der Waals surface area contributed by atoms with Crippen LogP contribution in [0.5, 0.6) is 5.75 Å². The largest absolute Gasteiger partial charge is 0.486 e. The summed E-state index contributed by atoms with van der Waals surface area (Å²) in [7, 11) is 0. The Kier molecular flexibility index (Phi) is 8.51. The standard InChI is InChI=1S/C47H42N2O6/c50-27-37-7-5-33(26-41(37)43-38-19-28-18-29(21-38)22-39(43)20-28)31-2-3-32-24-36(6-4-30(32)23-31)47(52)48-40-10-14-49(15-11-40)13-1-16-53-46-44-35(12-17-54-44)25-34-8-9-42(51)55-45(34)46/h2-12,14-15,17,23-26,28-29,38-39,43,50H,1,13,16,18-22,27H2/p+1. The van der Waals surface area contributed by atoms with E-state index in [1.54, 1.807) is 12.3 Å². The van der Waals surface area contributed by atoms with Gasteiger partial charge in [0, 0.05) is 41.0 Å². The van der Waals surface area contributed by atoms with E-state index in [1.807, 2.05) is 59.4 Å². The second kappa shape index (κ2) is 13.8. The Morgan fingerprint density at radius 1 is 0.764 bits per heavy atom. The van der Waals surface area contributed by atoms with Crippen LogP contribution in [0.2, 0.25) is 0 Å². The van der Waals surface area contributed by atoms with Gasteiger partial charge in [0.2, 0.25) is 5.75 Å². The molecule has 55 heavy (non-hydrogen) atoms. The van der Waals surface area contributed by atoms with Crippen molar-refractivity contribution in [2.75, 3.05) is 11.9 Å². The lowest BCUT2D eigenvalue weighted by molar-refractivity contribution is -0.697. The van der Waals surface area contributed by atoms with Gasteiger partial charge < -0.3 is 24.0 Å². The number of aliphatic hydroxyl groups excluding tert-OH is 1. The van der Waals surface area contributed by atoms with Crippen LogP contribution in [0.4, 0.5) is 5.69 Å². The maximum absolute atomic E-state index is 13.3. The van der Waals surface area contributed by atoms with Crippen molar-refractivity contribution in [3.05, 3.63) is 137 Å². The van der Waals surface area contributed by atoms with Crippen molar-refractivity contribution >= 4 is 44.3 Å². The number of pyridine rings is 1. The molecule has 0 saturated heterocycles. The number of anilines is 1. The topological polar surface area (TPSA) is 106 Å². The average Bonchev–Trinajstić information content (AvgIpc) is 3.67. The van der Waals surface area contributed by atoms with Gasteiger partial charge in [0.15, 0.2) is 30.1 Å². The lowest BCUT2D eigenvalue weighted by Crippen LogP contribution is -2.44. The molecule has 276 valence electrons. The first-order chi connectivity index (χ1) is 27.0. The number of hydrogen-bond donors (Lipinski definition) is 2. The summed E-state index contributed by atoms with van der Waals surface area (Å²) in [5, 5.41) is 17.1. The number of nitrogens with zero attached hydrogens (tertiary/aromatic N) is 1.